The van der Waals surface area contributed by atoms with Crippen LogP contribution in [0, 0.1) is 5.92 Å². The highest BCUT2D eigenvalue weighted by molar-refractivity contribution is 5.69. The third-order valence-corrected chi connectivity index (χ3v) is 2.70. The fraction of sp³-hybridized carbons (Fsp3) is 0.833. The molecule has 0 fully saturated rings. The summed E-state index contributed by atoms with van der Waals surface area (Å²) in [7, 11) is 0. The minimum atomic E-state index is -0.727. The van der Waals surface area contributed by atoms with Gasteiger partial charge in [-0.3, -0.25) is 9.59 Å². The molecule has 2 N–H and O–H groups in total. The van der Waals surface area contributed by atoms with Crippen molar-refractivity contribution < 1.29 is 19.8 Å². The predicted octanol–water partition coefficient (Wildman–Crippen LogP) is 2.91. The van der Waals surface area contributed by atoms with Crippen LogP contribution in [0.4, 0.5) is 0 Å². The lowest BCUT2D eigenvalue weighted by Crippen LogP contribution is -2.08. The fourth-order valence-corrected chi connectivity index (χ4v) is 1.56. The van der Waals surface area contributed by atoms with Gasteiger partial charge in [-0.05, 0) is 12.8 Å². The number of rotatable bonds is 10. The summed E-state index contributed by atoms with van der Waals surface area (Å²) in [5, 5.41) is 17.1. The van der Waals surface area contributed by atoms with Crippen LogP contribution in [0.5, 0.6) is 0 Å². The standard InChI is InChI=1S/C12H22O4/c1-10(12(15)16)8-6-4-2-3-5-7-9-11(13)14/h10H,2-9H2,1H3,(H,13,14)(H,15,16). The summed E-state index contributed by atoms with van der Waals surface area (Å²) in [5.74, 6) is -1.69. The molecular formula is C12H22O4. The SMILES string of the molecule is CC(CCCCCCCCC(=O)O)C(=O)O. The minimum Gasteiger partial charge on any atom is -0.481 e. The Hall–Kier alpha value is -1.06. The van der Waals surface area contributed by atoms with Gasteiger partial charge in [-0.15, -0.1) is 0 Å². The van der Waals surface area contributed by atoms with Gasteiger partial charge in [0.2, 0.25) is 0 Å². The van der Waals surface area contributed by atoms with E-state index in [1.807, 2.05) is 0 Å². The molecule has 4 heteroatoms. The van der Waals surface area contributed by atoms with E-state index in [4.69, 9.17) is 10.2 Å². The van der Waals surface area contributed by atoms with Crippen molar-refractivity contribution in [2.24, 2.45) is 5.92 Å². The van der Waals surface area contributed by atoms with Crippen molar-refractivity contribution in [2.75, 3.05) is 0 Å². The number of carbonyl (C=O) groups is 2. The second kappa shape index (κ2) is 9.19. The third-order valence-electron chi connectivity index (χ3n) is 2.70. The maximum absolute atomic E-state index is 10.5. The lowest BCUT2D eigenvalue weighted by atomic mass is 10.0. The summed E-state index contributed by atoms with van der Waals surface area (Å²) < 4.78 is 0. The van der Waals surface area contributed by atoms with Crippen LogP contribution in [0.25, 0.3) is 0 Å². The van der Waals surface area contributed by atoms with Crippen molar-refractivity contribution in [3.63, 3.8) is 0 Å². The number of carboxylic acid groups (broad SMARTS) is 2. The van der Waals surface area contributed by atoms with Crippen molar-refractivity contribution in [1.29, 1.82) is 0 Å². The average Bonchev–Trinajstić information content (AvgIpc) is 2.21. The van der Waals surface area contributed by atoms with Crippen molar-refractivity contribution >= 4 is 11.9 Å². The monoisotopic (exact) mass is 230 g/mol. The molecule has 16 heavy (non-hydrogen) atoms. The van der Waals surface area contributed by atoms with E-state index in [9.17, 15) is 9.59 Å². The molecule has 0 spiro atoms. The zero-order valence-corrected chi connectivity index (χ0v) is 9.95. The van der Waals surface area contributed by atoms with E-state index in [0.29, 0.717) is 0 Å². The first-order valence-electron chi connectivity index (χ1n) is 5.98. The zero-order chi connectivity index (χ0) is 12.4. The maximum atomic E-state index is 10.5. The smallest absolute Gasteiger partial charge is 0.306 e. The lowest BCUT2D eigenvalue weighted by molar-refractivity contribution is -0.141. The van der Waals surface area contributed by atoms with Gasteiger partial charge >= 0.3 is 11.9 Å². The molecule has 0 heterocycles. The molecule has 0 aromatic heterocycles. The van der Waals surface area contributed by atoms with Crippen molar-refractivity contribution in [3.05, 3.63) is 0 Å². The first kappa shape index (κ1) is 14.9. The summed E-state index contributed by atoms with van der Waals surface area (Å²) in [6.07, 6.45) is 6.83. The average molecular weight is 230 g/mol. The Morgan fingerprint density at radius 1 is 0.938 bits per heavy atom. The Balaban J connectivity index is 3.15. The molecular weight excluding hydrogens is 208 g/mol. The first-order valence-corrected chi connectivity index (χ1v) is 5.98. The van der Waals surface area contributed by atoms with Crippen molar-refractivity contribution in [2.45, 2.75) is 58.3 Å². The normalized spacial score (nSPS) is 12.3. The van der Waals surface area contributed by atoms with E-state index < -0.39 is 11.9 Å². The summed E-state index contributed by atoms with van der Waals surface area (Å²) in [5.41, 5.74) is 0. The molecule has 0 saturated heterocycles. The Kier molecular flexibility index (Phi) is 8.58. The lowest BCUT2D eigenvalue weighted by Gasteiger charge is -2.05. The summed E-state index contributed by atoms with van der Waals surface area (Å²) in [6, 6.07) is 0. The number of hydrogen-bond donors (Lipinski definition) is 2. The van der Waals surface area contributed by atoms with E-state index in [1.165, 1.54) is 0 Å². The van der Waals surface area contributed by atoms with Gasteiger partial charge in [0.1, 0.15) is 0 Å². The molecule has 0 bridgehead atoms. The van der Waals surface area contributed by atoms with E-state index in [1.54, 1.807) is 6.92 Å². The molecule has 94 valence electrons. The quantitative estimate of drug-likeness (QED) is 0.566. The topological polar surface area (TPSA) is 74.6 Å². The summed E-state index contributed by atoms with van der Waals surface area (Å²) in [4.78, 5) is 20.7. The Bertz CT molecular complexity index is 213. The van der Waals surface area contributed by atoms with Gasteiger partial charge in [-0.2, -0.15) is 0 Å². The number of unbranched alkanes of at least 4 members (excludes halogenated alkanes) is 5. The molecule has 0 aliphatic carbocycles. The van der Waals surface area contributed by atoms with E-state index in [2.05, 4.69) is 0 Å². The largest absolute Gasteiger partial charge is 0.481 e. The van der Waals surface area contributed by atoms with E-state index in [-0.39, 0.29) is 12.3 Å². The van der Waals surface area contributed by atoms with Gasteiger partial charge in [0.15, 0.2) is 0 Å². The zero-order valence-electron chi connectivity index (χ0n) is 9.95. The molecule has 0 saturated carbocycles. The van der Waals surface area contributed by atoms with Crippen LogP contribution < -0.4 is 0 Å². The number of carboxylic acids is 2. The minimum absolute atomic E-state index is 0.244. The fourth-order valence-electron chi connectivity index (χ4n) is 1.56. The van der Waals surface area contributed by atoms with Gasteiger partial charge < -0.3 is 10.2 Å². The van der Waals surface area contributed by atoms with Crippen molar-refractivity contribution in [3.8, 4) is 0 Å². The maximum Gasteiger partial charge on any atom is 0.306 e. The van der Waals surface area contributed by atoms with Crippen molar-refractivity contribution in [1.82, 2.24) is 0 Å². The van der Waals surface area contributed by atoms with Crippen LogP contribution in [-0.2, 0) is 9.59 Å². The molecule has 0 aromatic carbocycles. The molecule has 0 rings (SSSR count). The molecule has 0 amide bonds. The predicted molar refractivity (Wildman–Crippen MR) is 61.4 cm³/mol. The first-order chi connectivity index (χ1) is 7.54. The molecule has 0 aliphatic rings. The van der Waals surface area contributed by atoms with Crippen LogP contribution in [0.3, 0.4) is 0 Å². The third kappa shape index (κ3) is 9.49. The highest BCUT2D eigenvalue weighted by Crippen LogP contribution is 2.12. The highest BCUT2D eigenvalue weighted by atomic mass is 16.4. The van der Waals surface area contributed by atoms with Crippen LogP contribution >= 0.6 is 0 Å². The van der Waals surface area contributed by atoms with Gasteiger partial charge in [-0.25, -0.2) is 0 Å². The Morgan fingerprint density at radius 3 is 1.94 bits per heavy atom. The second-order valence-corrected chi connectivity index (χ2v) is 4.29. The Labute approximate surface area is 96.7 Å². The van der Waals surface area contributed by atoms with Crippen LogP contribution in [-0.4, -0.2) is 22.2 Å². The molecule has 0 radical (unpaired) electrons. The molecule has 0 aliphatic heterocycles. The van der Waals surface area contributed by atoms with E-state index in [0.717, 1.165) is 44.9 Å². The molecule has 1 unspecified atom stereocenters. The summed E-state index contributed by atoms with van der Waals surface area (Å²) >= 11 is 0. The molecule has 1 atom stereocenters. The van der Waals surface area contributed by atoms with E-state index >= 15 is 0 Å². The Morgan fingerprint density at radius 2 is 1.44 bits per heavy atom. The van der Waals surface area contributed by atoms with Crippen LogP contribution in [0.15, 0.2) is 0 Å². The second-order valence-electron chi connectivity index (χ2n) is 4.29. The van der Waals surface area contributed by atoms with Gasteiger partial charge in [0.25, 0.3) is 0 Å². The molecule has 4 nitrogen and oxygen atoms in total. The number of aliphatic carboxylic acids is 2. The van der Waals surface area contributed by atoms with Gasteiger partial charge in [0, 0.05) is 6.42 Å². The summed E-state index contributed by atoms with van der Waals surface area (Å²) in [6.45, 7) is 1.73. The molecule has 0 aromatic rings. The number of hydrogen-bond acceptors (Lipinski definition) is 2. The van der Waals surface area contributed by atoms with Gasteiger partial charge in [-0.1, -0.05) is 39.0 Å². The van der Waals surface area contributed by atoms with Crippen LogP contribution in [0.1, 0.15) is 58.3 Å². The van der Waals surface area contributed by atoms with Crippen LogP contribution in [0.2, 0.25) is 0 Å². The van der Waals surface area contributed by atoms with Gasteiger partial charge in [0.05, 0.1) is 5.92 Å². The highest BCUT2D eigenvalue weighted by Gasteiger charge is 2.09.